The summed E-state index contributed by atoms with van der Waals surface area (Å²) in [5.74, 6) is 0.771. The summed E-state index contributed by atoms with van der Waals surface area (Å²) in [6.07, 6.45) is 3.69. The Hall–Kier alpha value is -3.51. The predicted molar refractivity (Wildman–Crippen MR) is 147 cm³/mol. The van der Waals surface area contributed by atoms with E-state index < -0.39 is 11.3 Å². The molecule has 1 aromatic rings. The first-order valence-electron chi connectivity index (χ1n) is 13.8. The summed E-state index contributed by atoms with van der Waals surface area (Å²) in [4.78, 5) is 2.30. The second-order valence-electron chi connectivity index (χ2n) is 11.7. The molecule has 0 bridgehead atoms. The normalized spacial score (nSPS) is 24.9. The van der Waals surface area contributed by atoms with Crippen LogP contribution in [0.2, 0.25) is 0 Å². The lowest BCUT2D eigenvalue weighted by molar-refractivity contribution is 0.0321. The minimum absolute atomic E-state index is 0.0305. The Morgan fingerprint density at radius 3 is 2.44 bits per heavy atom. The van der Waals surface area contributed by atoms with Crippen molar-refractivity contribution < 1.29 is 14.2 Å². The summed E-state index contributed by atoms with van der Waals surface area (Å²) in [6.45, 7) is 13.5. The van der Waals surface area contributed by atoms with E-state index in [0.717, 1.165) is 56.8 Å². The van der Waals surface area contributed by atoms with Crippen LogP contribution in [0.5, 0.6) is 11.5 Å². The van der Waals surface area contributed by atoms with E-state index in [9.17, 15) is 15.8 Å². The molecule has 8 nitrogen and oxygen atoms in total. The Morgan fingerprint density at radius 1 is 1.10 bits per heavy atom. The highest BCUT2D eigenvalue weighted by atomic mass is 16.5. The van der Waals surface area contributed by atoms with Crippen molar-refractivity contribution in [3.8, 4) is 29.7 Å². The monoisotopic (exact) mass is 529 g/mol. The molecule has 0 aromatic heterocycles. The fourth-order valence-electron chi connectivity index (χ4n) is 6.19. The average Bonchev–Trinajstić information content (AvgIpc) is 2.93. The Balaban J connectivity index is 1.74. The first kappa shape index (κ1) is 28.5. The Kier molecular flexibility index (Phi) is 8.55. The van der Waals surface area contributed by atoms with E-state index in [1.54, 1.807) is 0 Å². The summed E-state index contributed by atoms with van der Waals surface area (Å²) < 4.78 is 17.6. The number of rotatable bonds is 7. The number of benzene rings is 1. The Bertz CT molecular complexity index is 1240. The van der Waals surface area contributed by atoms with Gasteiger partial charge in [-0.25, -0.2) is 0 Å². The number of allylic oxidation sites excluding steroid dienone is 4. The molecule has 3 atom stereocenters. The fraction of sp³-hybridized carbons (Fsp3) is 0.581. The van der Waals surface area contributed by atoms with Crippen LogP contribution in [0.1, 0.15) is 52.0 Å². The van der Waals surface area contributed by atoms with Crippen LogP contribution < -0.4 is 15.2 Å². The summed E-state index contributed by atoms with van der Waals surface area (Å²) in [5, 5.41) is 30.9. The summed E-state index contributed by atoms with van der Waals surface area (Å²) in [6, 6.07) is 12.4. The van der Waals surface area contributed by atoms with Gasteiger partial charge in [-0.2, -0.15) is 15.8 Å². The minimum Gasteiger partial charge on any atom is -0.490 e. The summed E-state index contributed by atoms with van der Waals surface area (Å²) in [7, 11) is 0. The molecule has 3 aliphatic rings. The van der Waals surface area contributed by atoms with Crippen molar-refractivity contribution in [2.45, 2.75) is 46.5 Å². The summed E-state index contributed by atoms with van der Waals surface area (Å²) in [5.41, 5.74) is 6.83. The number of morpholine rings is 1. The van der Waals surface area contributed by atoms with E-state index in [1.165, 1.54) is 0 Å². The smallest absolute Gasteiger partial charge is 0.191 e. The molecular formula is C31H39N5O3. The molecule has 4 rings (SSSR count). The molecule has 39 heavy (non-hydrogen) atoms. The number of nitrogens with two attached hydrogens (primary N) is 1. The van der Waals surface area contributed by atoms with Crippen molar-refractivity contribution in [2.75, 3.05) is 46.1 Å². The maximum Gasteiger partial charge on any atom is 0.191 e. The zero-order valence-corrected chi connectivity index (χ0v) is 23.5. The van der Waals surface area contributed by atoms with Crippen LogP contribution >= 0.6 is 0 Å². The van der Waals surface area contributed by atoms with E-state index >= 15 is 0 Å². The molecule has 1 aliphatic heterocycles. The van der Waals surface area contributed by atoms with Gasteiger partial charge in [0, 0.05) is 25.6 Å². The molecule has 1 aromatic carbocycles. The highest BCUT2D eigenvalue weighted by Crippen LogP contribution is 2.58. The number of ether oxygens (including phenoxy) is 3. The topological polar surface area (TPSA) is 128 Å². The molecule has 2 N–H and O–H groups in total. The molecule has 0 radical (unpaired) electrons. The molecule has 0 amide bonds. The molecule has 2 aliphatic carbocycles. The lowest BCUT2D eigenvalue weighted by Gasteiger charge is -2.47. The van der Waals surface area contributed by atoms with Gasteiger partial charge in [-0.1, -0.05) is 32.9 Å². The van der Waals surface area contributed by atoms with E-state index in [2.05, 4.69) is 50.0 Å². The molecule has 0 unspecified atom stereocenters. The maximum atomic E-state index is 10.5. The van der Waals surface area contributed by atoms with Gasteiger partial charge < -0.3 is 19.9 Å². The lowest BCUT2D eigenvalue weighted by atomic mass is 9.54. The largest absolute Gasteiger partial charge is 0.490 e. The van der Waals surface area contributed by atoms with Crippen LogP contribution in [0.15, 0.2) is 41.1 Å². The van der Waals surface area contributed by atoms with Gasteiger partial charge in [-0.15, -0.1) is 0 Å². The second-order valence-corrected chi connectivity index (χ2v) is 11.7. The number of fused-ring (bicyclic) bond motifs is 1. The lowest BCUT2D eigenvalue weighted by Crippen LogP contribution is -2.44. The quantitative estimate of drug-likeness (QED) is 0.540. The van der Waals surface area contributed by atoms with Crippen LogP contribution in [0, 0.1) is 56.7 Å². The number of nitriles is 3. The second kappa shape index (κ2) is 11.7. The van der Waals surface area contributed by atoms with E-state index in [0.29, 0.717) is 30.6 Å². The predicted octanol–water partition coefficient (Wildman–Crippen LogP) is 4.66. The zero-order valence-electron chi connectivity index (χ0n) is 23.5. The van der Waals surface area contributed by atoms with E-state index in [-0.39, 0.29) is 22.6 Å². The Morgan fingerprint density at radius 2 is 1.82 bits per heavy atom. The zero-order chi connectivity index (χ0) is 28.2. The number of hydrogen-bond donors (Lipinski definition) is 1. The van der Waals surface area contributed by atoms with Crippen LogP contribution in [0.25, 0.3) is 0 Å². The van der Waals surface area contributed by atoms with Crippen molar-refractivity contribution in [3.05, 3.63) is 46.7 Å². The van der Waals surface area contributed by atoms with Gasteiger partial charge in [-0.3, -0.25) is 4.90 Å². The van der Waals surface area contributed by atoms with Crippen LogP contribution in [0.4, 0.5) is 0 Å². The standard InChI is InChI=1S/C31H39N5O3/c1-5-38-27-16-21(6-9-26(27)39-15-12-36-10-13-37-14-11-36)28-24-17-22(30(2,3)4)7-8-23(24)25(18-32)29(35)31(28,19-33)20-34/h6,8-9,16,22,24,28H,5,7,10-15,17,35H2,1-4H3/t22-,24-,28-/m1/s1. The number of nitrogens with zero attached hydrogens (tertiary/aromatic N) is 4. The van der Waals surface area contributed by atoms with Crippen LogP contribution in [0.3, 0.4) is 0 Å². The SMILES string of the molecule is CCOc1cc([C@@H]2[C@@H]3C[C@H](C(C)(C)C)CC=C3C(C#N)=C(N)C2(C#N)C#N)ccc1OCCN1CCOCC1. The van der Waals surface area contributed by atoms with Gasteiger partial charge in [0.15, 0.2) is 16.9 Å². The molecule has 0 spiro atoms. The van der Waals surface area contributed by atoms with Gasteiger partial charge in [0.05, 0.1) is 43.2 Å². The van der Waals surface area contributed by atoms with Gasteiger partial charge in [0.25, 0.3) is 0 Å². The van der Waals surface area contributed by atoms with Crippen LogP contribution in [-0.2, 0) is 4.74 Å². The molecule has 1 saturated heterocycles. The fourth-order valence-corrected chi connectivity index (χ4v) is 6.19. The summed E-state index contributed by atoms with van der Waals surface area (Å²) >= 11 is 0. The molecular weight excluding hydrogens is 490 g/mol. The Labute approximate surface area is 232 Å². The van der Waals surface area contributed by atoms with Crippen molar-refractivity contribution in [2.24, 2.45) is 28.4 Å². The molecule has 8 heteroatoms. The van der Waals surface area contributed by atoms with Crippen molar-refractivity contribution >= 4 is 0 Å². The molecule has 0 saturated carbocycles. The molecule has 1 fully saturated rings. The first-order valence-corrected chi connectivity index (χ1v) is 13.8. The van der Waals surface area contributed by atoms with E-state index in [4.69, 9.17) is 19.9 Å². The van der Waals surface area contributed by atoms with Gasteiger partial charge in [0.2, 0.25) is 0 Å². The third-order valence-electron chi connectivity index (χ3n) is 8.50. The highest BCUT2D eigenvalue weighted by molar-refractivity contribution is 5.60. The maximum absolute atomic E-state index is 10.5. The van der Waals surface area contributed by atoms with Crippen LogP contribution in [-0.4, -0.2) is 51.0 Å². The van der Waals surface area contributed by atoms with Crippen molar-refractivity contribution in [1.29, 1.82) is 15.8 Å². The average molecular weight is 530 g/mol. The van der Waals surface area contributed by atoms with Crippen molar-refractivity contribution in [1.82, 2.24) is 4.90 Å². The molecule has 1 heterocycles. The first-order chi connectivity index (χ1) is 18.7. The van der Waals surface area contributed by atoms with E-state index in [1.807, 2.05) is 25.1 Å². The van der Waals surface area contributed by atoms with Crippen molar-refractivity contribution in [3.63, 3.8) is 0 Å². The third-order valence-corrected chi connectivity index (χ3v) is 8.50. The van der Waals surface area contributed by atoms with Gasteiger partial charge >= 0.3 is 0 Å². The number of hydrogen-bond acceptors (Lipinski definition) is 8. The highest BCUT2D eigenvalue weighted by Gasteiger charge is 2.55. The third kappa shape index (κ3) is 5.48. The van der Waals surface area contributed by atoms with Gasteiger partial charge in [0.1, 0.15) is 12.7 Å². The minimum atomic E-state index is -1.67. The molecule has 206 valence electrons. The van der Waals surface area contributed by atoms with Gasteiger partial charge in [-0.05, 0) is 60.3 Å².